The van der Waals surface area contributed by atoms with Crippen LogP contribution in [0.4, 0.5) is 0 Å². The minimum Gasteiger partial charge on any atom is -2.00 e. The van der Waals surface area contributed by atoms with E-state index in [2.05, 4.69) is 62.4 Å². The monoisotopic (exact) mass is 470 g/mol. The molecule has 96 valence electrons. The number of hydrogen-bond donors (Lipinski definition) is 0. The van der Waals surface area contributed by atoms with Crippen LogP contribution in [0.15, 0.2) is 48.5 Å². The summed E-state index contributed by atoms with van der Waals surface area (Å²) in [5, 5.41) is 0. The van der Waals surface area contributed by atoms with E-state index in [1.165, 1.54) is 63.3 Å². The van der Waals surface area contributed by atoms with Gasteiger partial charge in [-0.2, -0.15) is 0 Å². The Kier molecular flexibility index (Phi) is 16.3. The van der Waals surface area contributed by atoms with Gasteiger partial charge in [0.15, 0.2) is 0 Å². The first-order valence-corrected chi connectivity index (χ1v) is 8.01. The number of aryl methyl sites for hydroxylation is 2. The Balaban J connectivity index is -0.000000233. The van der Waals surface area contributed by atoms with Gasteiger partial charge in [-0.15, -0.1) is 0 Å². The maximum atomic E-state index is 2.16. The minimum atomic E-state index is 0. The van der Waals surface area contributed by atoms with Crippen molar-refractivity contribution >= 4 is 52.2 Å². The van der Waals surface area contributed by atoms with Crippen molar-refractivity contribution in [2.75, 3.05) is 0 Å². The molecule has 0 saturated heterocycles. The summed E-state index contributed by atoms with van der Waals surface area (Å²) >= 11 is 3.02. The fourth-order valence-electron chi connectivity index (χ4n) is 1.15. The molecule has 0 heterocycles. The van der Waals surface area contributed by atoms with E-state index in [1.807, 2.05) is 0 Å². The molecule has 0 fully saturated rings. The Morgan fingerprint density at radius 2 is 0.842 bits per heavy atom. The quantitative estimate of drug-likeness (QED) is 0.522. The van der Waals surface area contributed by atoms with Crippen molar-refractivity contribution in [3.63, 3.8) is 0 Å². The summed E-state index contributed by atoms with van der Waals surface area (Å²) in [6, 6.07) is 16.9. The summed E-state index contributed by atoms with van der Waals surface area (Å²) in [5.74, 6) is 0. The standard InChI is InChI=1S/2C7H7.3O.2Sn/c2*1-7-5-3-2-4-6-7;;;;;/h2*2-5H,1H3;;;;;/q;;3*-2;2*+3. The van der Waals surface area contributed by atoms with Crippen LogP contribution in [0.1, 0.15) is 11.1 Å². The second-order valence-electron chi connectivity index (χ2n) is 3.63. The van der Waals surface area contributed by atoms with Crippen molar-refractivity contribution in [3.05, 3.63) is 59.7 Å². The summed E-state index contributed by atoms with van der Waals surface area (Å²) in [6.07, 6.45) is 0. The molecular formula is C14H14O3Sn2. The van der Waals surface area contributed by atoms with Crippen LogP contribution < -0.4 is 7.16 Å². The van der Waals surface area contributed by atoms with E-state index in [-0.39, 0.29) is 16.4 Å². The number of hydrogen-bond acceptors (Lipinski definition) is 0. The summed E-state index contributed by atoms with van der Waals surface area (Å²) in [4.78, 5) is 0. The Bertz CT molecular complexity index is 376. The van der Waals surface area contributed by atoms with Crippen LogP contribution in [0.3, 0.4) is 0 Å². The first kappa shape index (κ1) is 24.0. The van der Waals surface area contributed by atoms with E-state index in [1.54, 1.807) is 0 Å². The Morgan fingerprint density at radius 3 is 1.00 bits per heavy atom. The smallest absolute Gasteiger partial charge is 2.00 e. The van der Waals surface area contributed by atoms with E-state index >= 15 is 0 Å². The zero-order valence-corrected chi connectivity index (χ0v) is 16.6. The first-order valence-electron chi connectivity index (χ1n) is 5.15. The molecule has 0 unspecified atom stereocenters. The van der Waals surface area contributed by atoms with Gasteiger partial charge < -0.3 is 16.4 Å². The van der Waals surface area contributed by atoms with Crippen LogP contribution in [0.2, 0.25) is 0 Å². The van der Waals surface area contributed by atoms with Gasteiger partial charge >= 0.3 is 126 Å². The molecule has 0 spiro atoms. The van der Waals surface area contributed by atoms with Crippen LogP contribution in [0, 0.1) is 13.8 Å². The van der Waals surface area contributed by atoms with Crippen LogP contribution in [0.25, 0.3) is 0 Å². The maximum absolute atomic E-state index is 2.16. The molecule has 2 aromatic rings. The van der Waals surface area contributed by atoms with E-state index < -0.39 is 0 Å². The molecular weight excluding hydrogens is 454 g/mol. The molecule has 0 aliphatic carbocycles. The predicted octanol–water partition coefficient (Wildman–Crippen LogP) is 1.22. The third kappa shape index (κ3) is 9.45. The van der Waals surface area contributed by atoms with Crippen molar-refractivity contribution < 1.29 is 16.4 Å². The van der Waals surface area contributed by atoms with Gasteiger partial charge in [-0.25, -0.2) is 0 Å². The molecule has 5 heteroatoms. The van der Waals surface area contributed by atoms with Gasteiger partial charge in [0.2, 0.25) is 0 Å². The number of benzene rings is 2. The molecule has 0 atom stereocenters. The Labute approximate surface area is 141 Å². The van der Waals surface area contributed by atoms with Crippen molar-refractivity contribution in [1.82, 2.24) is 0 Å². The third-order valence-electron chi connectivity index (χ3n) is 2.29. The van der Waals surface area contributed by atoms with E-state index in [0.717, 1.165) is 0 Å². The molecule has 0 aliphatic rings. The fourth-order valence-corrected chi connectivity index (χ4v) is 2.17. The van der Waals surface area contributed by atoms with Crippen LogP contribution >= 0.6 is 0 Å². The second kappa shape index (κ2) is 12.9. The molecule has 2 aromatic carbocycles. The molecule has 0 saturated carbocycles. The summed E-state index contributed by atoms with van der Waals surface area (Å²) in [6.45, 7) is 4.29. The summed E-state index contributed by atoms with van der Waals surface area (Å²) in [7, 11) is 0. The molecule has 19 heavy (non-hydrogen) atoms. The molecule has 0 aromatic heterocycles. The van der Waals surface area contributed by atoms with Crippen molar-refractivity contribution in [2.24, 2.45) is 0 Å². The minimum absolute atomic E-state index is 0. The van der Waals surface area contributed by atoms with E-state index in [0.29, 0.717) is 0 Å². The zero-order chi connectivity index (χ0) is 12.0. The Hall–Kier alpha value is -0.0826. The van der Waals surface area contributed by atoms with Gasteiger partial charge in [-0.05, 0) is 0 Å². The average molecular weight is 468 g/mol. The summed E-state index contributed by atoms with van der Waals surface area (Å²) in [5.41, 5.74) is 2.82. The van der Waals surface area contributed by atoms with Crippen molar-refractivity contribution in [2.45, 2.75) is 13.8 Å². The fraction of sp³-hybridized carbons (Fsp3) is 0.143. The van der Waals surface area contributed by atoms with Gasteiger partial charge in [0, 0.05) is 0 Å². The van der Waals surface area contributed by atoms with Crippen molar-refractivity contribution in [1.29, 1.82) is 0 Å². The number of rotatable bonds is 0. The molecule has 0 bridgehead atoms. The van der Waals surface area contributed by atoms with E-state index in [4.69, 9.17) is 0 Å². The summed E-state index contributed by atoms with van der Waals surface area (Å²) < 4.78 is 2.92. The molecule has 0 N–H and O–H groups in total. The van der Waals surface area contributed by atoms with Crippen LogP contribution in [-0.4, -0.2) is 45.0 Å². The average Bonchev–Trinajstić information content (AvgIpc) is 2.28. The largest absolute Gasteiger partial charge is 2.00 e. The van der Waals surface area contributed by atoms with Gasteiger partial charge in [-0.3, -0.25) is 0 Å². The zero-order valence-electron chi connectivity index (χ0n) is 10.8. The SMILES string of the molecule is Cc1cccc[c]1[Sn+3].Cc1cccc[c]1[Sn+3].[O-2].[O-2].[O-2]. The predicted molar refractivity (Wildman–Crippen MR) is 75.2 cm³/mol. The maximum Gasteiger partial charge on any atom is -2.00 e. The Morgan fingerprint density at radius 1 is 0.579 bits per heavy atom. The van der Waals surface area contributed by atoms with E-state index in [9.17, 15) is 0 Å². The first-order chi connectivity index (χ1) is 7.61. The molecule has 0 aliphatic heterocycles. The van der Waals surface area contributed by atoms with Gasteiger partial charge in [0.1, 0.15) is 0 Å². The van der Waals surface area contributed by atoms with Gasteiger partial charge in [-0.1, -0.05) is 0 Å². The molecule has 0 radical (unpaired) electrons. The topological polar surface area (TPSA) is 85.5 Å². The second-order valence-corrected chi connectivity index (χ2v) is 6.70. The molecule has 2 rings (SSSR count). The van der Waals surface area contributed by atoms with Gasteiger partial charge in [0.05, 0.1) is 0 Å². The third-order valence-corrected chi connectivity index (χ3v) is 5.49. The normalized spacial score (nSPS) is 7.89. The molecule has 0 amide bonds. The van der Waals surface area contributed by atoms with Crippen LogP contribution in [0.5, 0.6) is 0 Å². The molecule has 3 nitrogen and oxygen atoms in total. The van der Waals surface area contributed by atoms with Gasteiger partial charge in [0.25, 0.3) is 0 Å². The van der Waals surface area contributed by atoms with Crippen LogP contribution in [-0.2, 0) is 16.4 Å². The van der Waals surface area contributed by atoms with Crippen molar-refractivity contribution in [3.8, 4) is 0 Å².